The van der Waals surface area contributed by atoms with Crippen LogP contribution >= 0.6 is 0 Å². The minimum Gasteiger partial charge on any atom is -0.372 e. The number of hydrogen-bond donors (Lipinski definition) is 1. The first-order valence-electron chi connectivity index (χ1n) is 8.50. The van der Waals surface area contributed by atoms with Crippen LogP contribution in [0, 0.1) is 5.92 Å². The molecule has 2 N–H and O–H groups in total. The Morgan fingerprint density at radius 1 is 1.08 bits per heavy atom. The van der Waals surface area contributed by atoms with Crippen LogP contribution in [-0.2, 0) is 18.0 Å². The van der Waals surface area contributed by atoms with Crippen molar-refractivity contribution in [2.75, 3.05) is 19.6 Å². The highest BCUT2D eigenvalue weighted by Gasteiger charge is 2.35. The number of ether oxygens (including phenoxy) is 1. The Kier molecular flexibility index (Phi) is 4.08. The second-order valence-corrected chi connectivity index (χ2v) is 6.70. The molecule has 4 rings (SSSR count). The Morgan fingerprint density at radius 3 is 2.67 bits per heavy atom. The maximum atomic E-state index is 12.9. The lowest BCUT2D eigenvalue weighted by Gasteiger charge is -2.17. The van der Waals surface area contributed by atoms with Crippen molar-refractivity contribution in [3.63, 3.8) is 0 Å². The molecule has 4 nitrogen and oxygen atoms in total. The van der Waals surface area contributed by atoms with Gasteiger partial charge < -0.3 is 15.4 Å². The van der Waals surface area contributed by atoms with Crippen LogP contribution in [0.4, 0.5) is 0 Å². The van der Waals surface area contributed by atoms with Gasteiger partial charge in [0.25, 0.3) is 5.91 Å². The second kappa shape index (κ2) is 6.38. The minimum absolute atomic E-state index is 0.0987. The average molecular weight is 322 g/mol. The Balaban J connectivity index is 1.55. The van der Waals surface area contributed by atoms with Gasteiger partial charge in [0.2, 0.25) is 0 Å². The Hall–Kier alpha value is -2.17. The van der Waals surface area contributed by atoms with Gasteiger partial charge in [0.1, 0.15) is 0 Å². The molecule has 2 aliphatic rings. The van der Waals surface area contributed by atoms with Gasteiger partial charge in [-0.3, -0.25) is 4.79 Å². The third-order valence-electron chi connectivity index (χ3n) is 5.23. The van der Waals surface area contributed by atoms with Crippen molar-refractivity contribution >= 4 is 5.91 Å². The lowest BCUT2D eigenvalue weighted by atomic mass is 9.89. The van der Waals surface area contributed by atoms with Gasteiger partial charge in [0, 0.05) is 24.6 Å². The SMILES string of the molecule is NC[C@@H]1CN(C(=O)c2ccc3c(c2)COC3)C[C@H]1c1ccccc1. The van der Waals surface area contributed by atoms with Gasteiger partial charge in [-0.2, -0.15) is 0 Å². The predicted octanol–water partition coefficient (Wildman–Crippen LogP) is 2.53. The molecule has 24 heavy (non-hydrogen) atoms. The molecule has 124 valence electrons. The summed E-state index contributed by atoms with van der Waals surface area (Å²) in [6, 6.07) is 16.3. The van der Waals surface area contributed by atoms with Crippen molar-refractivity contribution in [2.24, 2.45) is 11.7 Å². The van der Waals surface area contributed by atoms with Crippen molar-refractivity contribution in [1.29, 1.82) is 0 Å². The van der Waals surface area contributed by atoms with Crippen molar-refractivity contribution in [3.8, 4) is 0 Å². The normalized spacial score (nSPS) is 22.6. The predicted molar refractivity (Wildman–Crippen MR) is 92.6 cm³/mol. The number of amides is 1. The molecule has 1 amide bonds. The quantitative estimate of drug-likeness (QED) is 0.945. The Labute approximate surface area is 142 Å². The number of likely N-dealkylation sites (tertiary alicyclic amines) is 1. The van der Waals surface area contributed by atoms with E-state index in [2.05, 4.69) is 12.1 Å². The zero-order valence-corrected chi connectivity index (χ0v) is 13.7. The molecule has 0 radical (unpaired) electrons. The molecule has 1 saturated heterocycles. The molecule has 1 fully saturated rings. The Morgan fingerprint density at radius 2 is 1.88 bits per heavy atom. The first kappa shape index (κ1) is 15.4. The van der Waals surface area contributed by atoms with Crippen LogP contribution in [0.1, 0.15) is 33.0 Å². The molecule has 0 spiro atoms. The van der Waals surface area contributed by atoms with E-state index in [0.717, 1.165) is 24.2 Å². The van der Waals surface area contributed by atoms with Crippen LogP contribution in [0.5, 0.6) is 0 Å². The molecule has 4 heteroatoms. The molecule has 0 aromatic heterocycles. The fraction of sp³-hybridized carbons (Fsp3) is 0.350. The van der Waals surface area contributed by atoms with Gasteiger partial charge >= 0.3 is 0 Å². The molecule has 0 unspecified atom stereocenters. The summed E-state index contributed by atoms with van der Waals surface area (Å²) in [6.07, 6.45) is 0. The Bertz CT molecular complexity index is 745. The average Bonchev–Trinajstić information content (AvgIpc) is 3.27. The largest absolute Gasteiger partial charge is 0.372 e. The van der Waals surface area contributed by atoms with Crippen LogP contribution in [-0.4, -0.2) is 30.4 Å². The lowest BCUT2D eigenvalue weighted by Crippen LogP contribution is -2.29. The second-order valence-electron chi connectivity index (χ2n) is 6.70. The molecule has 0 aliphatic carbocycles. The van der Waals surface area contributed by atoms with Gasteiger partial charge in [-0.15, -0.1) is 0 Å². The van der Waals surface area contributed by atoms with Crippen LogP contribution < -0.4 is 5.73 Å². The fourth-order valence-electron chi connectivity index (χ4n) is 3.84. The lowest BCUT2D eigenvalue weighted by molar-refractivity contribution is 0.0786. The van der Waals surface area contributed by atoms with Crippen LogP contribution in [0.25, 0.3) is 0 Å². The molecule has 2 aromatic carbocycles. The standard InChI is InChI=1S/C20H22N2O2/c21-9-18-10-22(11-19(18)14-4-2-1-3-5-14)20(23)15-6-7-16-12-24-13-17(16)8-15/h1-8,18-19H,9-13,21H2/t18-,19+/m1/s1. The summed E-state index contributed by atoms with van der Waals surface area (Å²) in [4.78, 5) is 14.9. The number of fused-ring (bicyclic) bond motifs is 1. The summed E-state index contributed by atoms with van der Waals surface area (Å²) >= 11 is 0. The number of hydrogen-bond acceptors (Lipinski definition) is 3. The number of benzene rings is 2. The highest BCUT2D eigenvalue weighted by Crippen LogP contribution is 2.33. The number of nitrogens with zero attached hydrogens (tertiary/aromatic N) is 1. The highest BCUT2D eigenvalue weighted by atomic mass is 16.5. The van der Waals surface area contributed by atoms with E-state index in [1.54, 1.807) is 0 Å². The van der Waals surface area contributed by atoms with E-state index in [1.165, 1.54) is 11.1 Å². The number of carbonyl (C=O) groups is 1. The third-order valence-corrected chi connectivity index (χ3v) is 5.23. The molecular weight excluding hydrogens is 300 g/mol. The molecule has 2 aliphatic heterocycles. The zero-order valence-electron chi connectivity index (χ0n) is 13.7. The highest BCUT2D eigenvalue weighted by molar-refractivity contribution is 5.94. The van der Waals surface area contributed by atoms with Gasteiger partial charge in [-0.25, -0.2) is 0 Å². The smallest absolute Gasteiger partial charge is 0.253 e. The van der Waals surface area contributed by atoms with E-state index in [9.17, 15) is 4.79 Å². The number of rotatable bonds is 3. The molecule has 2 atom stereocenters. The summed E-state index contributed by atoms with van der Waals surface area (Å²) in [5, 5.41) is 0. The molecule has 2 aromatic rings. The van der Waals surface area contributed by atoms with E-state index in [0.29, 0.717) is 31.6 Å². The zero-order chi connectivity index (χ0) is 16.5. The molecule has 2 heterocycles. The summed E-state index contributed by atoms with van der Waals surface area (Å²) in [5.41, 5.74) is 10.3. The van der Waals surface area contributed by atoms with Crippen molar-refractivity contribution in [2.45, 2.75) is 19.1 Å². The van der Waals surface area contributed by atoms with Gasteiger partial charge in [-0.05, 0) is 41.3 Å². The van der Waals surface area contributed by atoms with E-state index in [4.69, 9.17) is 10.5 Å². The maximum absolute atomic E-state index is 12.9. The van der Waals surface area contributed by atoms with Crippen molar-refractivity contribution in [1.82, 2.24) is 4.90 Å². The summed E-state index contributed by atoms with van der Waals surface area (Å²) in [5.74, 6) is 0.730. The van der Waals surface area contributed by atoms with Crippen molar-refractivity contribution < 1.29 is 9.53 Å². The van der Waals surface area contributed by atoms with Crippen molar-refractivity contribution in [3.05, 3.63) is 70.8 Å². The first-order valence-corrected chi connectivity index (χ1v) is 8.50. The maximum Gasteiger partial charge on any atom is 0.253 e. The van der Waals surface area contributed by atoms with E-state index in [-0.39, 0.29) is 5.91 Å². The van der Waals surface area contributed by atoms with E-state index < -0.39 is 0 Å². The fourth-order valence-corrected chi connectivity index (χ4v) is 3.84. The summed E-state index contributed by atoms with van der Waals surface area (Å²) in [7, 11) is 0. The van der Waals surface area contributed by atoms with Crippen LogP contribution in [0.15, 0.2) is 48.5 Å². The molecule has 0 bridgehead atoms. The van der Waals surface area contributed by atoms with Crippen LogP contribution in [0.2, 0.25) is 0 Å². The monoisotopic (exact) mass is 322 g/mol. The molecular formula is C20H22N2O2. The molecule has 0 saturated carbocycles. The number of nitrogens with two attached hydrogens (primary N) is 1. The first-order chi connectivity index (χ1) is 11.8. The van der Waals surface area contributed by atoms with Gasteiger partial charge in [0.05, 0.1) is 13.2 Å². The van der Waals surface area contributed by atoms with Gasteiger partial charge in [0.15, 0.2) is 0 Å². The van der Waals surface area contributed by atoms with E-state index in [1.807, 2.05) is 41.3 Å². The van der Waals surface area contributed by atoms with Crippen LogP contribution in [0.3, 0.4) is 0 Å². The third kappa shape index (κ3) is 2.72. The van der Waals surface area contributed by atoms with Gasteiger partial charge in [-0.1, -0.05) is 36.4 Å². The topological polar surface area (TPSA) is 55.6 Å². The minimum atomic E-state index is 0.0987. The summed E-state index contributed by atoms with van der Waals surface area (Å²) < 4.78 is 5.44. The van der Waals surface area contributed by atoms with E-state index >= 15 is 0 Å². The summed E-state index contributed by atoms with van der Waals surface area (Å²) in [6.45, 7) is 3.31. The number of carbonyl (C=O) groups excluding carboxylic acids is 1.